The highest BCUT2D eigenvalue weighted by Crippen LogP contribution is 2.22. The number of carbonyl (C=O) groups is 1. The Labute approximate surface area is 108 Å². The van der Waals surface area contributed by atoms with Crippen molar-refractivity contribution in [1.29, 1.82) is 0 Å². The van der Waals surface area contributed by atoms with E-state index in [-0.39, 0.29) is 12.0 Å². The molecule has 1 saturated heterocycles. The molecule has 98 valence electrons. The molecule has 3 nitrogen and oxygen atoms in total. The fraction of sp³-hybridized carbons (Fsp3) is 0.533. The van der Waals surface area contributed by atoms with Crippen molar-refractivity contribution < 1.29 is 14.3 Å². The summed E-state index contributed by atoms with van der Waals surface area (Å²) in [6, 6.07) is 8.02. The van der Waals surface area contributed by atoms with Gasteiger partial charge in [-0.15, -0.1) is 0 Å². The lowest BCUT2D eigenvalue weighted by atomic mass is 9.98. The van der Waals surface area contributed by atoms with Gasteiger partial charge in [-0.25, -0.2) is 0 Å². The molecular weight excluding hydrogens is 228 g/mol. The Hall–Kier alpha value is -1.35. The van der Waals surface area contributed by atoms with Crippen molar-refractivity contribution in [3.05, 3.63) is 29.8 Å². The van der Waals surface area contributed by atoms with Crippen molar-refractivity contribution in [2.75, 3.05) is 13.2 Å². The third-order valence-electron chi connectivity index (χ3n) is 3.32. The molecule has 2 rings (SSSR count). The standard InChI is InChI=1S/C15H20O3/c1-12(8-9-16)13-4-6-14(7-5-13)18-15-3-2-10-17-11-15/h4-7,9,12,15H,2-3,8,10-11H2,1H3. The lowest BCUT2D eigenvalue weighted by Crippen LogP contribution is -2.27. The highest BCUT2D eigenvalue weighted by Gasteiger charge is 2.15. The molecule has 3 heteroatoms. The second-order valence-electron chi connectivity index (χ2n) is 4.83. The van der Waals surface area contributed by atoms with Crippen LogP contribution >= 0.6 is 0 Å². The zero-order valence-corrected chi connectivity index (χ0v) is 10.8. The lowest BCUT2D eigenvalue weighted by Gasteiger charge is -2.23. The van der Waals surface area contributed by atoms with Crippen LogP contribution in [0.25, 0.3) is 0 Å². The molecule has 18 heavy (non-hydrogen) atoms. The van der Waals surface area contributed by atoms with Crippen LogP contribution in [0.15, 0.2) is 24.3 Å². The molecule has 1 heterocycles. The van der Waals surface area contributed by atoms with E-state index in [1.54, 1.807) is 0 Å². The normalized spacial score (nSPS) is 21.3. The van der Waals surface area contributed by atoms with Crippen LogP contribution in [0.3, 0.4) is 0 Å². The maximum atomic E-state index is 10.5. The Kier molecular flexibility index (Phi) is 4.76. The molecule has 1 aromatic rings. The van der Waals surface area contributed by atoms with Crippen LogP contribution in [-0.2, 0) is 9.53 Å². The summed E-state index contributed by atoms with van der Waals surface area (Å²) in [4.78, 5) is 10.5. The van der Waals surface area contributed by atoms with Gasteiger partial charge < -0.3 is 14.3 Å². The molecule has 0 saturated carbocycles. The van der Waals surface area contributed by atoms with Gasteiger partial charge in [0, 0.05) is 13.0 Å². The average molecular weight is 248 g/mol. The topological polar surface area (TPSA) is 35.5 Å². The summed E-state index contributed by atoms with van der Waals surface area (Å²) in [5.74, 6) is 1.15. The maximum absolute atomic E-state index is 10.5. The number of aldehydes is 1. The molecular formula is C15H20O3. The number of benzene rings is 1. The van der Waals surface area contributed by atoms with Gasteiger partial charge in [-0.05, 0) is 36.5 Å². The van der Waals surface area contributed by atoms with E-state index < -0.39 is 0 Å². The first-order valence-corrected chi connectivity index (χ1v) is 6.57. The third kappa shape index (κ3) is 3.57. The molecule has 0 N–H and O–H groups in total. The molecule has 0 aromatic heterocycles. The van der Waals surface area contributed by atoms with Crippen LogP contribution in [0.2, 0.25) is 0 Å². The number of hydrogen-bond donors (Lipinski definition) is 0. The summed E-state index contributed by atoms with van der Waals surface area (Å²) in [7, 11) is 0. The Morgan fingerprint density at radius 1 is 1.44 bits per heavy atom. The van der Waals surface area contributed by atoms with Gasteiger partial charge >= 0.3 is 0 Å². The van der Waals surface area contributed by atoms with E-state index in [4.69, 9.17) is 9.47 Å². The molecule has 1 aliphatic heterocycles. The van der Waals surface area contributed by atoms with E-state index in [1.807, 2.05) is 24.3 Å². The quantitative estimate of drug-likeness (QED) is 0.752. The van der Waals surface area contributed by atoms with Gasteiger partial charge in [0.2, 0.25) is 0 Å². The molecule has 0 amide bonds. The first-order valence-electron chi connectivity index (χ1n) is 6.57. The maximum Gasteiger partial charge on any atom is 0.122 e. The van der Waals surface area contributed by atoms with Crippen LogP contribution in [-0.4, -0.2) is 25.6 Å². The Morgan fingerprint density at radius 2 is 2.22 bits per heavy atom. The van der Waals surface area contributed by atoms with Crippen molar-refractivity contribution in [3.63, 3.8) is 0 Å². The van der Waals surface area contributed by atoms with Crippen LogP contribution in [0.5, 0.6) is 5.75 Å². The van der Waals surface area contributed by atoms with Crippen LogP contribution in [0.1, 0.15) is 37.7 Å². The predicted octanol–water partition coefficient (Wildman–Crippen LogP) is 2.94. The molecule has 0 aliphatic carbocycles. The van der Waals surface area contributed by atoms with E-state index in [0.717, 1.165) is 31.5 Å². The minimum absolute atomic E-state index is 0.178. The smallest absolute Gasteiger partial charge is 0.122 e. The summed E-state index contributed by atoms with van der Waals surface area (Å²) < 4.78 is 11.2. The molecule has 0 radical (unpaired) electrons. The number of carbonyl (C=O) groups excluding carboxylic acids is 1. The van der Waals surface area contributed by atoms with Crippen LogP contribution in [0, 0.1) is 0 Å². The summed E-state index contributed by atoms with van der Waals surface area (Å²) in [6.07, 6.45) is 3.84. The van der Waals surface area contributed by atoms with Gasteiger partial charge in [0.15, 0.2) is 0 Å². The second-order valence-corrected chi connectivity index (χ2v) is 4.83. The predicted molar refractivity (Wildman–Crippen MR) is 70.0 cm³/mol. The number of ether oxygens (including phenoxy) is 2. The van der Waals surface area contributed by atoms with Gasteiger partial charge in [0.1, 0.15) is 18.1 Å². The fourth-order valence-electron chi connectivity index (χ4n) is 2.15. The molecule has 0 spiro atoms. The van der Waals surface area contributed by atoms with Gasteiger partial charge in [-0.3, -0.25) is 0 Å². The van der Waals surface area contributed by atoms with Gasteiger partial charge in [-0.2, -0.15) is 0 Å². The minimum atomic E-state index is 0.178. The Bertz CT molecular complexity index is 366. The molecule has 0 bridgehead atoms. The van der Waals surface area contributed by atoms with E-state index in [9.17, 15) is 4.79 Å². The Morgan fingerprint density at radius 3 is 2.83 bits per heavy atom. The van der Waals surface area contributed by atoms with Crippen molar-refractivity contribution in [3.8, 4) is 5.75 Å². The molecule has 1 aliphatic rings. The first kappa shape index (κ1) is 13.1. The van der Waals surface area contributed by atoms with Gasteiger partial charge in [-0.1, -0.05) is 19.1 Å². The van der Waals surface area contributed by atoms with E-state index in [0.29, 0.717) is 13.0 Å². The van der Waals surface area contributed by atoms with Gasteiger partial charge in [0.05, 0.1) is 6.61 Å². The molecule has 1 fully saturated rings. The first-order chi connectivity index (χ1) is 8.79. The summed E-state index contributed by atoms with van der Waals surface area (Å²) in [5, 5.41) is 0. The van der Waals surface area contributed by atoms with Gasteiger partial charge in [0.25, 0.3) is 0 Å². The van der Waals surface area contributed by atoms with Crippen molar-refractivity contribution in [2.45, 2.75) is 38.2 Å². The number of rotatable bonds is 5. The molecule has 1 aromatic carbocycles. The minimum Gasteiger partial charge on any atom is -0.488 e. The largest absolute Gasteiger partial charge is 0.488 e. The Balaban J connectivity index is 1.92. The van der Waals surface area contributed by atoms with E-state index in [1.165, 1.54) is 5.56 Å². The lowest BCUT2D eigenvalue weighted by molar-refractivity contribution is -0.108. The SMILES string of the molecule is CC(CC=O)c1ccc(OC2CCCOC2)cc1. The number of hydrogen-bond acceptors (Lipinski definition) is 3. The summed E-state index contributed by atoms with van der Waals surface area (Å²) >= 11 is 0. The molecule has 2 unspecified atom stereocenters. The summed E-state index contributed by atoms with van der Waals surface area (Å²) in [5.41, 5.74) is 1.18. The van der Waals surface area contributed by atoms with E-state index in [2.05, 4.69) is 6.92 Å². The summed E-state index contributed by atoms with van der Waals surface area (Å²) in [6.45, 7) is 3.59. The van der Waals surface area contributed by atoms with Crippen molar-refractivity contribution in [1.82, 2.24) is 0 Å². The zero-order chi connectivity index (χ0) is 12.8. The average Bonchev–Trinajstić information content (AvgIpc) is 2.41. The monoisotopic (exact) mass is 248 g/mol. The third-order valence-corrected chi connectivity index (χ3v) is 3.32. The van der Waals surface area contributed by atoms with Crippen LogP contribution < -0.4 is 4.74 Å². The highest BCUT2D eigenvalue weighted by atomic mass is 16.5. The van der Waals surface area contributed by atoms with Crippen molar-refractivity contribution in [2.24, 2.45) is 0 Å². The van der Waals surface area contributed by atoms with E-state index >= 15 is 0 Å². The van der Waals surface area contributed by atoms with Crippen LogP contribution in [0.4, 0.5) is 0 Å². The zero-order valence-electron chi connectivity index (χ0n) is 10.8. The second kappa shape index (κ2) is 6.55. The van der Waals surface area contributed by atoms with Crippen molar-refractivity contribution >= 4 is 6.29 Å². The molecule has 2 atom stereocenters. The fourth-order valence-corrected chi connectivity index (χ4v) is 2.15. The highest BCUT2D eigenvalue weighted by molar-refractivity contribution is 5.51.